The summed E-state index contributed by atoms with van der Waals surface area (Å²) in [6.07, 6.45) is 0. The number of carbonyl (C=O) groups excluding carboxylic acids is 1. The maximum atomic E-state index is 12.3. The lowest BCUT2D eigenvalue weighted by atomic mass is 10.0. The van der Waals surface area contributed by atoms with Crippen LogP contribution >= 0.6 is 38.5 Å². The maximum Gasteiger partial charge on any atom is 0.194 e. The molecule has 0 atom stereocenters. The zero-order chi connectivity index (χ0) is 12.4. The van der Waals surface area contributed by atoms with Crippen LogP contribution in [-0.4, -0.2) is 5.78 Å². The van der Waals surface area contributed by atoms with Crippen LogP contribution in [0.4, 0.5) is 0 Å². The molecule has 86 valence electrons. The number of hydrogen-bond donors (Lipinski definition) is 0. The van der Waals surface area contributed by atoms with Gasteiger partial charge >= 0.3 is 0 Å². The Balaban J connectivity index is 2.47. The van der Waals surface area contributed by atoms with Crippen LogP contribution in [0.2, 0.25) is 0 Å². The Morgan fingerprint density at radius 2 is 1.94 bits per heavy atom. The normalized spacial score (nSPS) is 10.3. The summed E-state index contributed by atoms with van der Waals surface area (Å²) < 4.78 is 1.89. The van der Waals surface area contributed by atoms with Gasteiger partial charge in [-0.3, -0.25) is 4.79 Å². The van der Waals surface area contributed by atoms with Gasteiger partial charge in [0.1, 0.15) is 0 Å². The molecule has 0 spiro atoms. The van der Waals surface area contributed by atoms with Crippen molar-refractivity contribution >= 4 is 44.3 Å². The summed E-state index contributed by atoms with van der Waals surface area (Å²) in [4.78, 5) is 12.3. The number of hydrogen-bond acceptors (Lipinski definition) is 1. The zero-order valence-corrected chi connectivity index (χ0v) is 12.9. The van der Waals surface area contributed by atoms with E-state index in [-0.39, 0.29) is 5.78 Å². The average Bonchev–Trinajstić information content (AvgIpc) is 2.31. The van der Waals surface area contributed by atoms with Crippen molar-refractivity contribution in [3.63, 3.8) is 0 Å². The first kappa shape index (κ1) is 12.8. The van der Waals surface area contributed by atoms with E-state index in [1.54, 1.807) is 0 Å². The molecular weight excluding hydrogens is 391 g/mol. The average molecular weight is 401 g/mol. The third-order valence-electron chi connectivity index (χ3n) is 2.45. The minimum absolute atomic E-state index is 0.0547. The van der Waals surface area contributed by atoms with Gasteiger partial charge in [0.05, 0.1) is 0 Å². The molecule has 1 nitrogen and oxygen atoms in total. The molecule has 0 saturated carbocycles. The Morgan fingerprint density at radius 1 is 1.18 bits per heavy atom. The van der Waals surface area contributed by atoms with E-state index in [4.69, 9.17) is 0 Å². The van der Waals surface area contributed by atoms with Crippen molar-refractivity contribution in [2.24, 2.45) is 0 Å². The van der Waals surface area contributed by atoms with E-state index in [2.05, 4.69) is 38.5 Å². The van der Waals surface area contributed by atoms with Gasteiger partial charge in [0.25, 0.3) is 0 Å². The molecule has 3 heteroatoms. The summed E-state index contributed by atoms with van der Waals surface area (Å²) in [5.41, 5.74) is 2.54. The first-order chi connectivity index (χ1) is 8.08. The van der Waals surface area contributed by atoms with E-state index in [9.17, 15) is 4.79 Å². The zero-order valence-electron chi connectivity index (χ0n) is 9.21. The highest BCUT2D eigenvalue weighted by Gasteiger charge is 2.12. The second kappa shape index (κ2) is 5.31. The van der Waals surface area contributed by atoms with Crippen LogP contribution in [-0.2, 0) is 0 Å². The third kappa shape index (κ3) is 2.96. The van der Waals surface area contributed by atoms with Crippen LogP contribution in [0, 0.1) is 10.5 Å². The molecule has 0 bridgehead atoms. The van der Waals surface area contributed by atoms with E-state index < -0.39 is 0 Å². The van der Waals surface area contributed by atoms with Gasteiger partial charge in [-0.2, -0.15) is 0 Å². The SMILES string of the molecule is Cc1cccc(C(=O)c2cc(I)ccc2Br)c1. The first-order valence-corrected chi connectivity index (χ1v) is 7.01. The van der Waals surface area contributed by atoms with Crippen LogP contribution in [0.1, 0.15) is 21.5 Å². The van der Waals surface area contributed by atoms with Gasteiger partial charge in [-0.15, -0.1) is 0 Å². The summed E-state index contributed by atoms with van der Waals surface area (Å²) in [7, 11) is 0. The number of benzene rings is 2. The van der Waals surface area contributed by atoms with Crippen molar-refractivity contribution in [3.05, 3.63) is 67.2 Å². The molecule has 0 fully saturated rings. The van der Waals surface area contributed by atoms with Gasteiger partial charge in [-0.05, 0) is 53.8 Å². The van der Waals surface area contributed by atoms with E-state index in [0.29, 0.717) is 5.56 Å². The van der Waals surface area contributed by atoms with E-state index in [0.717, 1.165) is 19.2 Å². The standard InChI is InChI=1S/C14H10BrIO/c1-9-3-2-4-10(7-9)14(17)12-8-11(16)5-6-13(12)15/h2-8H,1H3. The van der Waals surface area contributed by atoms with Gasteiger partial charge < -0.3 is 0 Å². The Labute approximate surface area is 123 Å². The molecule has 0 saturated heterocycles. The largest absolute Gasteiger partial charge is 0.289 e. The molecule has 0 aliphatic rings. The molecule has 0 aromatic heterocycles. The summed E-state index contributed by atoms with van der Waals surface area (Å²) in [5, 5.41) is 0. The molecule has 2 rings (SSSR count). The molecule has 17 heavy (non-hydrogen) atoms. The Kier molecular flexibility index (Phi) is 3.99. The monoisotopic (exact) mass is 400 g/mol. The van der Waals surface area contributed by atoms with E-state index >= 15 is 0 Å². The Hall–Kier alpha value is -0.680. The van der Waals surface area contributed by atoms with Crippen LogP contribution in [0.15, 0.2) is 46.9 Å². The molecular formula is C14H10BrIO. The van der Waals surface area contributed by atoms with Gasteiger partial charge in [-0.25, -0.2) is 0 Å². The first-order valence-electron chi connectivity index (χ1n) is 5.14. The number of halogens is 2. The van der Waals surface area contributed by atoms with Crippen LogP contribution in [0.25, 0.3) is 0 Å². The molecule has 0 aliphatic carbocycles. The van der Waals surface area contributed by atoms with Crippen molar-refractivity contribution in [1.29, 1.82) is 0 Å². The molecule has 0 unspecified atom stereocenters. The Morgan fingerprint density at radius 3 is 2.65 bits per heavy atom. The smallest absolute Gasteiger partial charge is 0.194 e. The van der Waals surface area contributed by atoms with Crippen molar-refractivity contribution in [3.8, 4) is 0 Å². The lowest BCUT2D eigenvalue weighted by Gasteiger charge is -2.05. The summed E-state index contributed by atoms with van der Waals surface area (Å²) in [6, 6.07) is 13.4. The van der Waals surface area contributed by atoms with Gasteiger partial charge in [-0.1, -0.05) is 39.7 Å². The fourth-order valence-electron chi connectivity index (χ4n) is 1.61. The number of rotatable bonds is 2. The van der Waals surface area contributed by atoms with E-state index in [1.165, 1.54) is 0 Å². The van der Waals surface area contributed by atoms with Crippen molar-refractivity contribution in [2.45, 2.75) is 6.92 Å². The molecule has 0 amide bonds. The molecule has 0 radical (unpaired) electrons. The molecule has 2 aromatic carbocycles. The third-order valence-corrected chi connectivity index (χ3v) is 3.82. The van der Waals surface area contributed by atoms with Crippen molar-refractivity contribution in [2.75, 3.05) is 0 Å². The van der Waals surface area contributed by atoms with Crippen molar-refractivity contribution < 1.29 is 4.79 Å². The highest BCUT2D eigenvalue weighted by molar-refractivity contribution is 14.1. The second-order valence-electron chi connectivity index (χ2n) is 3.82. The van der Waals surface area contributed by atoms with Gasteiger partial charge in [0, 0.05) is 19.2 Å². The quantitative estimate of drug-likeness (QED) is 0.532. The number of carbonyl (C=O) groups is 1. The number of aryl methyl sites for hydroxylation is 1. The Bertz CT molecular complexity index is 578. The number of ketones is 1. The minimum Gasteiger partial charge on any atom is -0.289 e. The lowest BCUT2D eigenvalue weighted by molar-refractivity contribution is 0.103. The fourth-order valence-corrected chi connectivity index (χ4v) is 2.53. The van der Waals surface area contributed by atoms with Crippen LogP contribution in [0.5, 0.6) is 0 Å². The molecule has 0 aliphatic heterocycles. The van der Waals surface area contributed by atoms with Crippen LogP contribution in [0.3, 0.4) is 0 Å². The predicted octanol–water partition coefficient (Wildman–Crippen LogP) is 4.59. The predicted molar refractivity (Wildman–Crippen MR) is 81.5 cm³/mol. The fraction of sp³-hybridized carbons (Fsp3) is 0.0714. The van der Waals surface area contributed by atoms with Crippen LogP contribution < -0.4 is 0 Å². The highest BCUT2D eigenvalue weighted by Crippen LogP contribution is 2.22. The molecule has 2 aromatic rings. The summed E-state index contributed by atoms with van der Waals surface area (Å²) in [6.45, 7) is 1.99. The van der Waals surface area contributed by atoms with E-state index in [1.807, 2.05) is 49.4 Å². The second-order valence-corrected chi connectivity index (χ2v) is 5.92. The maximum absolute atomic E-state index is 12.3. The topological polar surface area (TPSA) is 17.1 Å². The molecule has 0 N–H and O–H groups in total. The van der Waals surface area contributed by atoms with Gasteiger partial charge in [0.2, 0.25) is 0 Å². The summed E-state index contributed by atoms with van der Waals surface area (Å²) >= 11 is 5.63. The lowest BCUT2D eigenvalue weighted by Crippen LogP contribution is -2.03. The minimum atomic E-state index is 0.0547. The molecule has 0 heterocycles. The van der Waals surface area contributed by atoms with Crippen molar-refractivity contribution in [1.82, 2.24) is 0 Å². The van der Waals surface area contributed by atoms with Gasteiger partial charge in [0.15, 0.2) is 5.78 Å². The summed E-state index contributed by atoms with van der Waals surface area (Å²) in [5.74, 6) is 0.0547. The highest BCUT2D eigenvalue weighted by atomic mass is 127.